The first-order valence-electron chi connectivity index (χ1n) is 6.36. The van der Waals surface area contributed by atoms with Gasteiger partial charge in [-0.3, -0.25) is 0 Å². The molecule has 0 aromatic heterocycles. The van der Waals surface area contributed by atoms with E-state index >= 15 is 0 Å². The number of hydrogen-bond donors (Lipinski definition) is 1. The minimum absolute atomic E-state index is 0.0217. The molecule has 1 N–H and O–H groups in total. The van der Waals surface area contributed by atoms with Gasteiger partial charge in [-0.2, -0.15) is 0 Å². The normalized spacial score (nSPS) is 15.7. The molecule has 6 nitrogen and oxygen atoms in total. The second-order valence-electron chi connectivity index (χ2n) is 4.72. The molecule has 2 amide bonds. The van der Waals surface area contributed by atoms with Gasteiger partial charge in [0.15, 0.2) is 0 Å². The summed E-state index contributed by atoms with van der Waals surface area (Å²) >= 11 is 0. The summed E-state index contributed by atoms with van der Waals surface area (Å²) in [4.78, 5) is 16.6. The summed E-state index contributed by atoms with van der Waals surface area (Å²) in [5.74, 6) is 0. The zero-order valence-corrected chi connectivity index (χ0v) is 10.9. The number of likely N-dealkylation sites (tertiary alicyclic amines) is 1. The molecule has 2 rings (SSSR count). The fraction of sp³-hybridized carbons (Fsp3) is 0.462. The van der Waals surface area contributed by atoms with Gasteiger partial charge in [0.2, 0.25) is 0 Å². The van der Waals surface area contributed by atoms with Gasteiger partial charge in [-0.25, -0.2) is 4.79 Å². The fourth-order valence-electron chi connectivity index (χ4n) is 2.10. The van der Waals surface area contributed by atoms with Crippen molar-refractivity contribution in [2.45, 2.75) is 25.8 Å². The Morgan fingerprint density at radius 1 is 1.37 bits per heavy atom. The van der Waals surface area contributed by atoms with Gasteiger partial charge in [0.05, 0.1) is 0 Å². The van der Waals surface area contributed by atoms with Crippen LogP contribution < -0.4 is 5.32 Å². The van der Waals surface area contributed by atoms with Crippen molar-refractivity contribution in [3.63, 3.8) is 0 Å². The van der Waals surface area contributed by atoms with E-state index in [9.17, 15) is 4.79 Å². The van der Waals surface area contributed by atoms with Gasteiger partial charge in [0.1, 0.15) is 0 Å². The minimum Gasteiger partial charge on any atom is -0.325 e. The van der Waals surface area contributed by atoms with E-state index in [1.807, 2.05) is 31.2 Å². The highest BCUT2D eigenvalue weighted by molar-refractivity contribution is 5.89. The van der Waals surface area contributed by atoms with Crippen LogP contribution in [0.2, 0.25) is 0 Å². The Balaban J connectivity index is 1.87. The zero-order chi connectivity index (χ0) is 13.7. The second-order valence-corrected chi connectivity index (χ2v) is 4.72. The summed E-state index contributed by atoms with van der Waals surface area (Å²) in [6.07, 6.45) is 1.46. The summed E-state index contributed by atoms with van der Waals surface area (Å²) in [7, 11) is 0. The van der Waals surface area contributed by atoms with Gasteiger partial charge in [0.25, 0.3) is 0 Å². The number of benzene rings is 1. The number of aryl methyl sites for hydroxylation is 1. The third-order valence-corrected chi connectivity index (χ3v) is 3.27. The average molecular weight is 259 g/mol. The highest BCUT2D eigenvalue weighted by atomic mass is 16.2. The molecule has 0 radical (unpaired) electrons. The van der Waals surface area contributed by atoms with Crippen LogP contribution in [-0.4, -0.2) is 30.1 Å². The van der Waals surface area contributed by atoms with Crippen LogP contribution in [0.15, 0.2) is 29.4 Å². The lowest BCUT2D eigenvalue weighted by Gasteiger charge is -2.29. The Labute approximate surface area is 112 Å². The third-order valence-electron chi connectivity index (χ3n) is 3.27. The highest BCUT2D eigenvalue weighted by Gasteiger charge is 2.21. The maximum atomic E-state index is 12.0. The summed E-state index contributed by atoms with van der Waals surface area (Å²) in [6.45, 7) is 3.26. The average Bonchev–Trinajstić information content (AvgIpc) is 2.42. The van der Waals surface area contributed by atoms with Gasteiger partial charge in [-0.05, 0) is 37.4 Å². The van der Waals surface area contributed by atoms with E-state index in [-0.39, 0.29) is 12.1 Å². The highest BCUT2D eigenvalue weighted by Crippen LogP contribution is 2.16. The van der Waals surface area contributed by atoms with Crippen molar-refractivity contribution in [3.05, 3.63) is 40.3 Å². The molecule has 0 unspecified atom stereocenters. The molecule has 1 aromatic rings. The van der Waals surface area contributed by atoms with E-state index in [2.05, 4.69) is 15.3 Å². The van der Waals surface area contributed by atoms with Crippen LogP contribution >= 0.6 is 0 Å². The van der Waals surface area contributed by atoms with Crippen molar-refractivity contribution < 1.29 is 4.79 Å². The SMILES string of the molecule is Cc1ccc(NC(=O)N2CCC(N=[N+]=[N-])CC2)cc1. The van der Waals surface area contributed by atoms with Crippen molar-refractivity contribution in [3.8, 4) is 0 Å². The first-order valence-corrected chi connectivity index (χ1v) is 6.36. The Kier molecular flexibility index (Phi) is 4.26. The number of amides is 2. The van der Waals surface area contributed by atoms with E-state index in [1.54, 1.807) is 4.90 Å². The number of nitrogens with one attached hydrogen (secondary N) is 1. The fourth-order valence-corrected chi connectivity index (χ4v) is 2.10. The molecule has 1 aliphatic heterocycles. The number of carbonyl (C=O) groups excluding carboxylic acids is 1. The first kappa shape index (κ1) is 13.2. The molecule has 0 spiro atoms. The first-order chi connectivity index (χ1) is 9.19. The molecule has 0 aliphatic carbocycles. The molecule has 1 saturated heterocycles. The van der Waals surface area contributed by atoms with Crippen molar-refractivity contribution in [1.29, 1.82) is 0 Å². The second kappa shape index (κ2) is 6.11. The number of azide groups is 1. The third kappa shape index (κ3) is 3.63. The van der Waals surface area contributed by atoms with Crippen molar-refractivity contribution in [1.82, 2.24) is 4.90 Å². The van der Waals surface area contributed by atoms with Crippen LogP contribution in [0.25, 0.3) is 10.4 Å². The zero-order valence-electron chi connectivity index (χ0n) is 10.9. The van der Waals surface area contributed by atoms with Crippen LogP contribution in [0.5, 0.6) is 0 Å². The van der Waals surface area contributed by atoms with Gasteiger partial charge < -0.3 is 10.2 Å². The Bertz CT molecular complexity index is 484. The maximum absolute atomic E-state index is 12.0. The molecular formula is C13H17N5O. The van der Waals surface area contributed by atoms with Gasteiger partial charge >= 0.3 is 6.03 Å². The molecular weight excluding hydrogens is 242 g/mol. The molecule has 0 bridgehead atoms. The number of carbonyl (C=O) groups is 1. The Morgan fingerprint density at radius 2 is 2.00 bits per heavy atom. The number of hydrogen-bond acceptors (Lipinski definition) is 2. The standard InChI is InChI=1S/C13H17N5O/c1-10-2-4-11(5-3-10)15-13(19)18-8-6-12(7-9-18)16-17-14/h2-5,12H,6-9H2,1H3,(H,15,19). The summed E-state index contributed by atoms with van der Waals surface area (Å²) in [5, 5.41) is 6.56. The van der Waals surface area contributed by atoms with Crippen molar-refractivity contribution >= 4 is 11.7 Å². The molecule has 1 heterocycles. The number of nitrogens with zero attached hydrogens (tertiary/aromatic N) is 4. The Hall–Kier alpha value is -2.20. The smallest absolute Gasteiger partial charge is 0.321 e. The lowest BCUT2D eigenvalue weighted by Crippen LogP contribution is -2.41. The Morgan fingerprint density at radius 3 is 2.58 bits per heavy atom. The summed E-state index contributed by atoms with van der Waals surface area (Å²) in [6, 6.07) is 7.63. The van der Waals surface area contributed by atoms with Gasteiger partial charge in [0, 0.05) is 29.7 Å². The van der Waals surface area contributed by atoms with E-state index in [0.29, 0.717) is 13.1 Å². The molecule has 1 aromatic carbocycles. The van der Waals surface area contributed by atoms with Crippen LogP contribution in [-0.2, 0) is 0 Å². The lowest BCUT2D eigenvalue weighted by atomic mass is 10.1. The predicted molar refractivity (Wildman–Crippen MR) is 73.9 cm³/mol. The molecule has 19 heavy (non-hydrogen) atoms. The van der Waals surface area contributed by atoms with Crippen LogP contribution in [0, 0.1) is 6.92 Å². The molecule has 6 heteroatoms. The molecule has 0 atom stereocenters. The summed E-state index contributed by atoms with van der Waals surface area (Å²) in [5.41, 5.74) is 10.3. The summed E-state index contributed by atoms with van der Waals surface area (Å²) < 4.78 is 0. The maximum Gasteiger partial charge on any atom is 0.321 e. The van der Waals surface area contributed by atoms with E-state index in [0.717, 1.165) is 24.1 Å². The van der Waals surface area contributed by atoms with Gasteiger partial charge in [-0.15, -0.1) is 0 Å². The largest absolute Gasteiger partial charge is 0.325 e. The van der Waals surface area contributed by atoms with E-state index in [4.69, 9.17) is 5.53 Å². The molecule has 1 aliphatic rings. The quantitative estimate of drug-likeness (QED) is 0.493. The van der Waals surface area contributed by atoms with Crippen molar-refractivity contribution in [2.75, 3.05) is 18.4 Å². The molecule has 100 valence electrons. The minimum atomic E-state index is -0.0942. The topological polar surface area (TPSA) is 81.1 Å². The molecule has 0 saturated carbocycles. The lowest BCUT2D eigenvalue weighted by molar-refractivity contribution is 0.195. The number of urea groups is 1. The van der Waals surface area contributed by atoms with Crippen molar-refractivity contribution in [2.24, 2.45) is 5.11 Å². The van der Waals surface area contributed by atoms with Crippen LogP contribution in [0.1, 0.15) is 18.4 Å². The van der Waals surface area contributed by atoms with Crippen LogP contribution in [0.3, 0.4) is 0 Å². The van der Waals surface area contributed by atoms with E-state index in [1.165, 1.54) is 0 Å². The number of rotatable bonds is 2. The monoisotopic (exact) mass is 259 g/mol. The number of piperidine rings is 1. The van der Waals surface area contributed by atoms with Gasteiger partial charge in [-0.1, -0.05) is 22.8 Å². The van der Waals surface area contributed by atoms with Crippen LogP contribution in [0.4, 0.5) is 10.5 Å². The number of anilines is 1. The molecule has 1 fully saturated rings. The van der Waals surface area contributed by atoms with E-state index < -0.39 is 0 Å². The predicted octanol–water partition coefficient (Wildman–Crippen LogP) is 3.30.